The summed E-state index contributed by atoms with van der Waals surface area (Å²) >= 11 is 7.07. The van der Waals surface area contributed by atoms with E-state index in [4.69, 9.17) is 4.74 Å². The van der Waals surface area contributed by atoms with Crippen molar-refractivity contribution in [3.63, 3.8) is 0 Å². The van der Waals surface area contributed by atoms with Crippen LogP contribution in [-0.4, -0.2) is 16.8 Å². The Kier molecular flexibility index (Phi) is 7.45. The molecule has 3 heteroatoms. The van der Waals surface area contributed by atoms with Crippen LogP contribution in [0.15, 0.2) is 24.3 Å². The summed E-state index contributed by atoms with van der Waals surface area (Å²) in [6, 6.07) is 8.27. The molecule has 0 aromatic heterocycles. The lowest BCUT2D eigenvalue weighted by Gasteiger charge is -2.19. The first kappa shape index (κ1) is 17.0. The van der Waals surface area contributed by atoms with Gasteiger partial charge >= 0.3 is 0 Å². The van der Waals surface area contributed by atoms with E-state index in [1.807, 2.05) is 12.1 Å². The van der Waals surface area contributed by atoms with Gasteiger partial charge in [0.25, 0.3) is 0 Å². The van der Waals surface area contributed by atoms with Gasteiger partial charge in [-0.25, -0.2) is 0 Å². The van der Waals surface area contributed by atoms with Gasteiger partial charge in [-0.2, -0.15) is 0 Å². The molecule has 0 N–H and O–H groups in total. The third-order valence-electron chi connectivity index (χ3n) is 2.98. The summed E-state index contributed by atoms with van der Waals surface area (Å²) in [6.07, 6.45) is 3.46. The zero-order valence-corrected chi connectivity index (χ0v) is 15.0. The molecule has 1 nitrogen and oxygen atoms in total. The van der Waals surface area contributed by atoms with Gasteiger partial charge < -0.3 is 4.74 Å². The van der Waals surface area contributed by atoms with E-state index in [9.17, 15) is 0 Å². The number of alkyl halides is 2. The summed E-state index contributed by atoms with van der Waals surface area (Å²) in [7, 11) is 0. The molecule has 0 saturated carbocycles. The second-order valence-corrected chi connectivity index (χ2v) is 7.45. The SMILES string of the molecule is [CH2]C(C)(C)c1ccc(OCCCCC(Br)CBr)cc1. The average molecular weight is 391 g/mol. The van der Waals surface area contributed by atoms with E-state index in [-0.39, 0.29) is 5.41 Å². The summed E-state index contributed by atoms with van der Waals surface area (Å²) in [5.74, 6) is 0.948. The number of halogens is 2. The molecule has 1 aromatic carbocycles. The van der Waals surface area contributed by atoms with Crippen LogP contribution in [0.2, 0.25) is 0 Å². The van der Waals surface area contributed by atoms with Gasteiger partial charge in [0.15, 0.2) is 0 Å². The van der Waals surface area contributed by atoms with Gasteiger partial charge in [-0.15, -0.1) is 0 Å². The molecule has 1 aromatic rings. The number of benzene rings is 1. The lowest BCUT2D eigenvalue weighted by atomic mass is 9.87. The molecule has 0 aliphatic rings. The Balaban J connectivity index is 2.27. The molecule has 0 fully saturated rings. The summed E-state index contributed by atoms with van der Waals surface area (Å²) in [4.78, 5) is 0.575. The number of hydrogen-bond acceptors (Lipinski definition) is 1. The maximum absolute atomic E-state index is 5.74. The highest BCUT2D eigenvalue weighted by Gasteiger charge is 2.13. The summed E-state index contributed by atoms with van der Waals surface area (Å²) in [5, 5.41) is 1.01. The molecule has 0 spiro atoms. The van der Waals surface area contributed by atoms with Crippen LogP contribution in [0, 0.1) is 6.92 Å². The van der Waals surface area contributed by atoms with Gasteiger partial charge in [-0.3, -0.25) is 0 Å². The molecule has 107 valence electrons. The molecule has 1 atom stereocenters. The van der Waals surface area contributed by atoms with Crippen molar-refractivity contribution in [3.8, 4) is 5.75 Å². The smallest absolute Gasteiger partial charge is 0.119 e. The number of ether oxygens (including phenoxy) is 1. The van der Waals surface area contributed by atoms with E-state index >= 15 is 0 Å². The fourth-order valence-electron chi connectivity index (χ4n) is 1.74. The van der Waals surface area contributed by atoms with Crippen LogP contribution in [0.5, 0.6) is 5.75 Å². The Morgan fingerprint density at radius 3 is 2.37 bits per heavy atom. The topological polar surface area (TPSA) is 9.23 Å². The molecule has 1 rings (SSSR count). The highest BCUT2D eigenvalue weighted by molar-refractivity contribution is 9.12. The third kappa shape index (κ3) is 6.80. The van der Waals surface area contributed by atoms with Crippen LogP contribution in [0.4, 0.5) is 0 Å². The van der Waals surface area contributed by atoms with Crippen molar-refractivity contribution < 1.29 is 4.74 Å². The summed E-state index contributed by atoms with van der Waals surface area (Å²) in [6.45, 7) is 9.15. The van der Waals surface area contributed by atoms with Crippen molar-refractivity contribution in [2.24, 2.45) is 0 Å². The molecule has 0 saturated heterocycles. The van der Waals surface area contributed by atoms with Crippen molar-refractivity contribution in [2.45, 2.75) is 43.4 Å². The molecule has 19 heavy (non-hydrogen) atoms. The average Bonchev–Trinajstić information content (AvgIpc) is 2.37. The van der Waals surface area contributed by atoms with Crippen LogP contribution < -0.4 is 4.74 Å². The first-order chi connectivity index (χ1) is 8.93. The van der Waals surface area contributed by atoms with Crippen molar-refractivity contribution in [1.29, 1.82) is 0 Å². The van der Waals surface area contributed by atoms with Gasteiger partial charge in [0.2, 0.25) is 0 Å². The molecule has 0 bridgehead atoms. The molecular formula is C16H23Br2O. The number of rotatable bonds is 8. The van der Waals surface area contributed by atoms with Crippen LogP contribution in [0.25, 0.3) is 0 Å². The van der Waals surface area contributed by atoms with Crippen molar-refractivity contribution in [2.75, 3.05) is 11.9 Å². The zero-order valence-electron chi connectivity index (χ0n) is 11.8. The molecule has 0 aliphatic carbocycles. The monoisotopic (exact) mass is 389 g/mol. The Labute approximate surface area is 134 Å². The molecule has 1 radical (unpaired) electrons. The van der Waals surface area contributed by atoms with E-state index in [2.05, 4.69) is 64.8 Å². The highest BCUT2D eigenvalue weighted by atomic mass is 79.9. The molecule has 0 heterocycles. The second kappa shape index (κ2) is 8.31. The lowest BCUT2D eigenvalue weighted by Crippen LogP contribution is -2.11. The summed E-state index contributed by atoms with van der Waals surface area (Å²) in [5.41, 5.74) is 1.19. The van der Waals surface area contributed by atoms with Gasteiger partial charge in [0.05, 0.1) is 6.61 Å². The minimum Gasteiger partial charge on any atom is -0.494 e. The van der Waals surface area contributed by atoms with Crippen LogP contribution in [0.1, 0.15) is 38.7 Å². The first-order valence-corrected chi connectivity index (χ1v) is 8.76. The Morgan fingerprint density at radius 1 is 1.21 bits per heavy atom. The van der Waals surface area contributed by atoms with Crippen LogP contribution >= 0.6 is 31.9 Å². The van der Waals surface area contributed by atoms with Crippen molar-refractivity contribution >= 4 is 31.9 Å². The van der Waals surface area contributed by atoms with Gasteiger partial charge in [0, 0.05) is 10.2 Å². The zero-order chi connectivity index (χ0) is 14.3. The molecule has 1 unspecified atom stereocenters. The van der Waals surface area contributed by atoms with Crippen molar-refractivity contribution in [3.05, 3.63) is 36.8 Å². The molecular weight excluding hydrogens is 368 g/mol. The van der Waals surface area contributed by atoms with E-state index in [0.717, 1.165) is 24.1 Å². The van der Waals surface area contributed by atoms with Gasteiger partial charge in [-0.05, 0) is 49.3 Å². The van der Waals surface area contributed by atoms with E-state index in [1.54, 1.807) is 0 Å². The quantitative estimate of drug-likeness (QED) is 0.420. The van der Waals surface area contributed by atoms with Gasteiger partial charge in [0.1, 0.15) is 5.75 Å². The van der Waals surface area contributed by atoms with Crippen LogP contribution in [0.3, 0.4) is 0 Å². The number of hydrogen-bond donors (Lipinski definition) is 0. The fourth-order valence-corrected chi connectivity index (χ4v) is 2.38. The largest absolute Gasteiger partial charge is 0.494 e. The second-order valence-electron chi connectivity index (χ2n) is 5.50. The van der Waals surface area contributed by atoms with E-state index < -0.39 is 0 Å². The standard InChI is InChI=1S/C16H23Br2O/c1-16(2,3)13-7-9-15(10-8-13)19-11-5-4-6-14(18)12-17/h7-10,14H,1,4-6,11-12H2,2-3H3. The predicted molar refractivity (Wildman–Crippen MR) is 90.7 cm³/mol. The normalized spacial score (nSPS) is 13.3. The van der Waals surface area contributed by atoms with Gasteiger partial charge in [-0.1, -0.05) is 57.8 Å². The lowest BCUT2D eigenvalue weighted by molar-refractivity contribution is 0.305. The fraction of sp³-hybridized carbons (Fsp3) is 0.562. The first-order valence-electron chi connectivity index (χ1n) is 6.72. The maximum atomic E-state index is 5.74. The molecule has 0 amide bonds. The third-order valence-corrected chi connectivity index (χ3v) is 5.42. The minimum absolute atomic E-state index is 0.0426. The van der Waals surface area contributed by atoms with E-state index in [0.29, 0.717) is 4.83 Å². The number of unbranched alkanes of at least 4 members (excludes halogenated alkanes) is 1. The Morgan fingerprint density at radius 2 is 1.84 bits per heavy atom. The Hall–Kier alpha value is -0.0200. The molecule has 0 aliphatic heterocycles. The highest BCUT2D eigenvalue weighted by Crippen LogP contribution is 2.24. The van der Waals surface area contributed by atoms with Crippen molar-refractivity contribution in [1.82, 2.24) is 0 Å². The Bertz CT molecular complexity index is 354. The van der Waals surface area contributed by atoms with E-state index in [1.165, 1.54) is 18.4 Å². The predicted octanol–water partition coefficient (Wildman–Crippen LogP) is 5.51. The maximum Gasteiger partial charge on any atom is 0.119 e. The van der Waals surface area contributed by atoms with Crippen LogP contribution in [-0.2, 0) is 5.41 Å². The minimum atomic E-state index is -0.0426. The summed E-state index contributed by atoms with van der Waals surface area (Å²) < 4.78 is 5.74.